The molecule has 2 fully saturated rings. The van der Waals surface area contributed by atoms with E-state index in [0.717, 1.165) is 57.5 Å². The zero-order valence-corrected chi connectivity index (χ0v) is 81.1. The fraction of sp³-hybridized carbons (Fsp3) is 0.270. The monoisotopic (exact) mass is 1750 g/mol. The summed E-state index contributed by atoms with van der Waals surface area (Å²) in [5, 5.41) is 10.0. The Balaban J connectivity index is 0.000000101. The van der Waals surface area contributed by atoms with Crippen molar-refractivity contribution in [2.75, 3.05) is 0 Å². The summed E-state index contributed by atoms with van der Waals surface area (Å²) in [5.74, 6) is 1.16. The summed E-state index contributed by atoms with van der Waals surface area (Å²) in [7, 11) is 8.47. The van der Waals surface area contributed by atoms with Crippen molar-refractivity contribution in [1.29, 1.82) is 0 Å². The number of hydrogen-bond donors (Lipinski definition) is 0. The smallest absolute Gasteiger partial charge is 0.216 e. The molecule has 8 heteroatoms. The number of benzene rings is 12. The van der Waals surface area contributed by atoms with Crippen molar-refractivity contribution in [2.24, 2.45) is 40.0 Å². The third-order valence-corrected chi connectivity index (χ3v) is 31.9. The van der Waals surface area contributed by atoms with Gasteiger partial charge in [-0.25, -0.2) is 18.3 Å². The average molecular weight is 1750 g/mol. The minimum atomic E-state index is -0.0682. The SMILES string of the molecule is Cc1cc[n+](C)c(-c2c(C)ccc3c2oc2cc4c(cc23)-c2ccccc2C42CCCC2)c1.Cc1cc[n+](C)c(-c2c(C)ccc3c2oc2ccc4c(c23)C(C)(C)c2ccccc2-4)c1.Cc1cc[n+](C)c(-c2c(C)ccc3c2oc2ccc4c(c23)C(CC(C)C)(CC(C)C)c2ccccc2-4)c1.Cc1cc[n+](C)c(-c2c(C)ccc3c2oc2ccc4c(c23)C2(CCCC2)c2ccccc2-4)c1. The lowest BCUT2D eigenvalue weighted by molar-refractivity contribution is -0.660. The maximum absolute atomic E-state index is 6.83. The van der Waals surface area contributed by atoms with E-state index >= 15 is 0 Å². The van der Waals surface area contributed by atoms with Gasteiger partial charge in [0.05, 0.1) is 22.3 Å². The summed E-state index contributed by atoms with van der Waals surface area (Å²) >= 11 is 0. The summed E-state index contributed by atoms with van der Waals surface area (Å²) < 4.78 is 35.7. The molecule has 12 aromatic carbocycles. The number of furan rings is 4. The molecule has 8 heterocycles. The maximum Gasteiger partial charge on any atom is 0.216 e. The molecular formula is C126H120N4O4+4. The Morgan fingerprint density at radius 3 is 1.02 bits per heavy atom. The average Bonchev–Trinajstić information content (AvgIpc) is 1.54. The Bertz CT molecular complexity index is 8320. The predicted octanol–water partition coefficient (Wildman–Crippen LogP) is 31.1. The van der Waals surface area contributed by atoms with Gasteiger partial charge in [0, 0.05) is 113 Å². The number of aryl methyl sites for hydroxylation is 12. The molecule has 20 aromatic rings. The normalized spacial score (nSPS) is 15.1. The third-order valence-electron chi connectivity index (χ3n) is 31.9. The van der Waals surface area contributed by atoms with Gasteiger partial charge in [0.1, 0.15) is 72.9 Å². The molecule has 26 rings (SSSR count). The van der Waals surface area contributed by atoms with Gasteiger partial charge in [-0.15, -0.1) is 0 Å². The molecule has 2 spiro atoms. The van der Waals surface area contributed by atoms with Crippen LogP contribution in [0.2, 0.25) is 0 Å². The van der Waals surface area contributed by atoms with E-state index in [1.54, 1.807) is 0 Å². The van der Waals surface area contributed by atoms with Crippen LogP contribution >= 0.6 is 0 Å². The van der Waals surface area contributed by atoms with Crippen molar-refractivity contribution in [2.45, 2.75) is 183 Å². The van der Waals surface area contributed by atoms with Crippen LogP contribution in [0, 0.1) is 67.2 Å². The molecule has 0 radical (unpaired) electrons. The van der Waals surface area contributed by atoms with Crippen LogP contribution in [0.15, 0.2) is 285 Å². The van der Waals surface area contributed by atoms with Gasteiger partial charge in [-0.2, -0.15) is 0 Å². The second-order valence-electron chi connectivity index (χ2n) is 41.9. The molecule has 2 saturated carbocycles. The summed E-state index contributed by atoms with van der Waals surface area (Å²) in [4.78, 5) is 0. The highest BCUT2D eigenvalue weighted by molar-refractivity contribution is 6.18. The molecule has 6 aliphatic rings. The van der Waals surface area contributed by atoms with Gasteiger partial charge >= 0.3 is 0 Å². The van der Waals surface area contributed by atoms with Crippen LogP contribution in [0.5, 0.6) is 0 Å². The van der Waals surface area contributed by atoms with E-state index < -0.39 is 0 Å². The van der Waals surface area contributed by atoms with Crippen LogP contribution in [0.4, 0.5) is 0 Å². The Kier molecular flexibility index (Phi) is 19.9. The van der Waals surface area contributed by atoms with E-state index in [-0.39, 0.29) is 21.7 Å². The highest BCUT2D eigenvalue weighted by Crippen LogP contribution is 2.64. The van der Waals surface area contributed by atoms with Crippen LogP contribution in [-0.2, 0) is 49.9 Å². The predicted molar refractivity (Wildman–Crippen MR) is 551 cm³/mol. The first kappa shape index (κ1) is 84.7. The zero-order valence-electron chi connectivity index (χ0n) is 81.1. The van der Waals surface area contributed by atoms with Gasteiger partial charge < -0.3 is 17.7 Å². The van der Waals surface area contributed by atoms with E-state index in [0.29, 0.717) is 11.8 Å². The summed E-state index contributed by atoms with van der Waals surface area (Å²) in [6.45, 7) is 31.5. The first-order chi connectivity index (χ1) is 64.7. The molecule has 0 aliphatic heterocycles. The fourth-order valence-corrected chi connectivity index (χ4v) is 26.1. The van der Waals surface area contributed by atoms with Gasteiger partial charge in [0.25, 0.3) is 0 Å². The van der Waals surface area contributed by atoms with Gasteiger partial charge in [-0.3, -0.25) is 0 Å². The van der Waals surface area contributed by atoms with E-state index in [1.807, 2.05) is 0 Å². The number of nitrogens with zero attached hydrogens (tertiary/aromatic N) is 4. The molecular weight excluding hydrogens is 1630 g/mol. The van der Waals surface area contributed by atoms with Gasteiger partial charge in [0.2, 0.25) is 22.8 Å². The lowest BCUT2D eigenvalue weighted by Gasteiger charge is -2.36. The van der Waals surface area contributed by atoms with E-state index in [1.165, 1.54) is 273 Å². The van der Waals surface area contributed by atoms with Gasteiger partial charge in [-0.1, -0.05) is 231 Å². The molecule has 6 aliphatic carbocycles. The molecule has 664 valence electrons. The first-order valence-electron chi connectivity index (χ1n) is 49.0. The number of pyridine rings is 4. The van der Waals surface area contributed by atoms with Crippen LogP contribution in [-0.4, -0.2) is 0 Å². The van der Waals surface area contributed by atoms with Crippen molar-refractivity contribution in [3.05, 3.63) is 356 Å². The lowest BCUT2D eigenvalue weighted by Crippen LogP contribution is -2.30. The highest BCUT2D eigenvalue weighted by atomic mass is 16.3. The standard InChI is InChI=1S/C35H38NO.2C31H28NO.C29H26NO/c1-21(2)19-35(20-22(3)4)28-11-9-8-10-25(28)26-14-15-30-32(33(26)35)27-13-12-24(6)31(34(27)37-30)29-18-23(5)16-17-36(29)7;1-19-14-17-32(3)25(18-19)27-20(2)10-11-23-28-26(33-30(23)27)13-12-22-21-8-4-5-9-24(21)31(29(22)28)15-6-7-16-31;1-19-12-15-32(3)27(16-19)29-20(2)10-11-22-24-17-23-21-8-4-5-9-25(21)31(13-6-7-14-31)26(23)18-28(24)33-30(22)29;1-17-14-15-30(5)23(16-17)25-18(2)10-11-21-26-24(31-28(21)25)13-12-20-19-8-6-7-9-22(19)29(3,4)27(20)26/h8-18,21-22H,19-20H2,1-7H3;4-5,8-14,17-18H,6-7,15-16H2,1-3H3;4-5,8-12,15-18H,6-7,13-14H2,1-3H3;6-16H,1-5H3/q4*+1. The van der Waals surface area contributed by atoms with Crippen LogP contribution in [0.1, 0.15) is 195 Å². The molecule has 0 saturated heterocycles. The second-order valence-corrected chi connectivity index (χ2v) is 41.9. The summed E-state index contributed by atoms with van der Waals surface area (Å²) in [5.41, 5.74) is 50.7. The topological polar surface area (TPSA) is 68.1 Å². The number of hydrogen-bond acceptors (Lipinski definition) is 4. The Labute approximate surface area is 787 Å². The van der Waals surface area contributed by atoms with Crippen LogP contribution < -0.4 is 18.3 Å². The number of aromatic nitrogens is 4. The fourth-order valence-electron chi connectivity index (χ4n) is 26.1. The van der Waals surface area contributed by atoms with E-state index in [9.17, 15) is 0 Å². The highest BCUT2D eigenvalue weighted by Gasteiger charge is 2.50. The first-order valence-corrected chi connectivity index (χ1v) is 49.0. The Morgan fingerprint density at radius 2 is 0.597 bits per heavy atom. The molecule has 0 amide bonds. The molecule has 134 heavy (non-hydrogen) atoms. The molecule has 8 aromatic heterocycles. The maximum atomic E-state index is 6.83. The quantitative estimate of drug-likeness (QED) is 0.142. The van der Waals surface area contributed by atoms with Crippen molar-refractivity contribution >= 4 is 87.8 Å². The molecule has 0 bridgehead atoms. The molecule has 0 unspecified atom stereocenters. The van der Waals surface area contributed by atoms with Gasteiger partial charge in [-0.05, 0) is 270 Å². The molecule has 0 N–H and O–H groups in total. The largest absolute Gasteiger partial charge is 0.455 e. The minimum absolute atomic E-state index is 0.0242. The lowest BCUT2D eigenvalue weighted by atomic mass is 9.67. The van der Waals surface area contributed by atoms with Crippen LogP contribution in [0.3, 0.4) is 0 Å². The summed E-state index contributed by atoms with van der Waals surface area (Å²) in [6, 6.07) is 90.1. The molecule has 8 nitrogen and oxygen atoms in total. The zero-order chi connectivity index (χ0) is 92.2. The van der Waals surface area contributed by atoms with Gasteiger partial charge in [0.15, 0.2) is 24.8 Å². The van der Waals surface area contributed by atoms with E-state index in [2.05, 4.69) is 411 Å². The molecule has 0 atom stereocenters. The van der Waals surface area contributed by atoms with Crippen molar-refractivity contribution < 1.29 is 35.9 Å². The Hall–Kier alpha value is -13.6. The van der Waals surface area contributed by atoms with Crippen molar-refractivity contribution in [3.8, 4) is 89.5 Å². The Morgan fingerprint density at radius 1 is 0.276 bits per heavy atom. The van der Waals surface area contributed by atoms with Crippen molar-refractivity contribution in [1.82, 2.24) is 0 Å². The van der Waals surface area contributed by atoms with E-state index in [4.69, 9.17) is 17.7 Å². The minimum Gasteiger partial charge on any atom is -0.455 e. The third kappa shape index (κ3) is 12.8. The second kappa shape index (κ2) is 31.6. The summed E-state index contributed by atoms with van der Waals surface area (Å²) in [6.07, 6.45) is 21.0. The number of fused-ring (bicyclic) bond motifs is 31. The van der Waals surface area contributed by atoms with Crippen molar-refractivity contribution in [3.63, 3.8) is 0 Å². The van der Waals surface area contributed by atoms with Crippen LogP contribution in [0.25, 0.3) is 177 Å². The number of rotatable bonds is 8.